The molecule has 1 amide bonds. The Balaban J connectivity index is 2.34. The highest BCUT2D eigenvalue weighted by Crippen LogP contribution is 2.29. The van der Waals surface area contributed by atoms with Crippen LogP contribution < -0.4 is 0 Å². The fourth-order valence-electron chi connectivity index (χ4n) is 2.52. The molecule has 1 aliphatic rings. The molecule has 1 aromatic carbocycles. The second-order valence-corrected chi connectivity index (χ2v) is 5.78. The van der Waals surface area contributed by atoms with Crippen LogP contribution in [0.5, 0.6) is 0 Å². The standard InChI is InChI=1S/C14H16BrNO3/c1-8-4-3-5-10(11(8)15)13(17)16-7-6-9(2)12(16)14(18)19/h3-5,9,12H,6-7H2,1-2H3,(H,18,19). The normalized spacial score (nSPS) is 22.6. The molecule has 0 bridgehead atoms. The Morgan fingerprint density at radius 1 is 1.42 bits per heavy atom. The van der Waals surface area contributed by atoms with E-state index in [-0.39, 0.29) is 11.8 Å². The quantitative estimate of drug-likeness (QED) is 0.909. The molecule has 1 aliphatic heterocycles. The summed E-state index contributed by atoms with van der Waals surface area (Å²) in [5, 5.41) is 9.27. The number of carbonyl (C=O) groups is 2. The van der Waals surface area contributed by atoms with Crippen molar-refractivity contribution in [3.05, 3.63) is 33.8 Å². The van der Waals surface area contributed by atoms with Crippen molar-refractivity contribution in [1.29, 1.82) is 0 Å². The molecule has 1 N–H and O–H groups in total. The zero-order valence-corrected chi connectivity index (χ0v) is 12.5. The molecule has 1 saturated heterocycles. The summed E-state index contributed by atoms with van der Waals surface area (Å²) in [5.41, 5.74) is 1.49. The zero-order valence-electron chi connectivity index (χ0n) is 10.9. The van der Waals surface area contributed by atoms with Crippen LogP contribution in [0.25, 0.3) is 0 Å². The van der Waals surface area contributed by atoms with Crippen molar-refractivity contribution < 1.29 is 14.7 Å². The van der Waals surface area contributed by atoms with Gasteiger partial charge in [-0.15, -0.1) is 0 Å². The number of likely N-dealkylation sites (tertiary alicyclic amines) is 1. The van der Waals surface area contributed by atoms with Gasteiger partial charge >= 0.3 is 5.97 Å². The van der Waals surface area contributed by atoms with Gasteiger partial charge in [-0.25, -0.2) is 4.79 Å². The maximum absolute atomic E-state index is 12.5. The van der Waals surface area contributed by atoms with Crippen LogP contribution in [0, 0.1) is 12.8 Å². The summed E-state index contributed by atoms with van der Waals surface area (Å²) in [6.07, 6.45) is 0.728. The maximum Gasteiger partial charge on any atom is 0.326 e. The molecule has 2 unspecified atom stereocenters. The highest BCUT2D eigenvalue weighted by molar-refractivity contribution is 9.10. The molecule has 2 atom stereocenters. The molecule has 0 aliphatic carbocycles. The molecular formula is C14H16BrNO3. The minimum Gasteiger partial charge on any atom is -0.480 e. The number of halogens is 1. The van der Waals surface area contributed by atoms with Gasteiger partial charge in [0, 0.05) is 11.0 Å². The third-order valence-corrected chi connectivity index (χ3v) is 4.69. The van der Waals surface area contributed by atoms with Crippen molar-refractivity contribution in [2.75, 3.05) is 6.54 Å². The van der Waals surface area contributed by atoms with Gasteiger partial charge in [0.25, 0.3) is 5.91 Å². The van der Waals surface area contributed by atoms with Gasteiger partial charge in [0.2, 0.25) is 0 Å². The van der Waals surface area contributed by atoms with Gasteiger partial charge < -0.3 is 10.0 Å². The summed E-state index contributed by atoms with van der Waals surface area (Å²) in [4.78, 5) is 25.3. The van der Waals surface area contributed by atoms with E-state index < -0.39 is 12.0 Å². The SMILES string of the molecule is Cc1cccc(C(=O)N2CCC(C)C2C(=O)O)c1Br. The monoisotopic (exact) mass is 325 g/mol. The highest BCUT2D eigenvalue weighted by Gasteiger charge is 2.40. The molecule has 0 radical (unpaired) electrons. The number of carboxylic acid groups (broad SMARTS) is 1. The molecule has 4 nitrogen and oxygen atoms in total. The van der Waals surface area contributed by atoms with E-state index in [2.05, 4.69) is 15.9 Å². The van der Waals surface area contributed by atoms with Crippen LogP contribution in [-0.4, -0.2) is 34.5 Å². The van der Waals surface area contributed by atoms with Crippen molar-refractivity contribution >= 4 is 27.8 Å². The number of carbonyl (C=O) groups excluding carboxylic acids is 1. The molecule has 102 valence electrons. The molecular weight excluding hydrogens is 310 g/mol. The van der Waals surface area contributed by atoms with E-state index in [0.717, 1.165) is 16.5 Å². The number of hydrogen-bond acceptors (Lipinski definition) is 2. The molecule has 1 fully saturated rings. The molecule has 1 aromatic rings. The van der Waals surface area contributed by atoms with Gasteiger partial charge in [0.05, 0.1) is 5.56 Å². The van der Waals surface area contributed by atoms with Gasteiger partial charge in [0.15, 0.2) is 0 Å². The lowest BCUT2D eigenvalue weighted by molar-refractivity contribution is -0.142. The third kappa shape index (κ3) is 2.52. The fraction of sp³-hybridized carbons (Fsp3) is 0.429. The lowest BCUT2D eigenvalue weighted by Gasteiger charge is -2.24. The summed E-state index contributed by atoms with van der Waals surface area (Å²) < 4.78 is 0.740. The number of rotatable bonds is 2. The largest absolute Gasteiger partial charge is 0.480 e. The smallest absolute Gasteiger partial charge is 0.326 e. The van der Waals surface area contributed by atoms with Crippen LogP contribution in [0.4, 0.5) is 0 Å². The van der Waals surface area contributed by atoms with Gasteiger partial charge in [0.1, 0.15) is 6.04 Å². The molecule has 0 spiro atoms. The van der Waals surface area contributed by atoms with Gasteiger partial charge in [-0.2, -0.15) is 0 Å². The van der Waals surface area contributed by atoms with Crippen LogP contribution in [0.15, 0.2) is 22.7 Å². The van der Waals surface area contributed by atoms with Crippen LogP contribution >= 0.6 is 15.9 Å². The molecule has 1 heterocycles. The number of carboxylic acids is 1. The molecule has 19 heavy (non-hydrogen) atoms. The third-order valence-electron chi connectivity index (χ3n) is 3.64. The van der Waals surface area contributed by atoms with Crippen molar-refractivity contribution in [2.24, 2.45) is 5.92 Å². The first-order valence-corrected chi connectivity index (χ1v) is 7.01. The average molecular weight is 326 g/mol. The van der Waals surface area contributed by atoms with E-state index >= 15 is 0 Å². The van der Waals surface area contributed by atoms with Crippen molar-refractivity contribution in [3.63, 3.8) is 0 Å². The number of aliphatic carboxylic acids is 1. The van der Waals surface area contributed by atoms with E-state index in [9.17, 15) is 14.7 Å². The first-order valence-electron chi connectivity index (χ1n) is 6.22. The van der Waals surface area contributed by atoms with E-state index in [4.69, 9.17) is 0 Å². The summed E-state index contributed by atoms with van der Waals surface area (Å²) >= 11 is 3.41. The summed E-state index contributed by atoms with van der Waals surface area (Å²) in [5.74, 6) is -1.15. The number of amides is 1. The van der Waals surface area contributed by atoms with Gasteiger partial charge in [-0.1, -0.05) is 19.1 Å². The number of hydrogen-bond donors (Lipinski definition) is 1. The van der Waals surface area contributed by atoms with Crippen molar-refractivity contribution in [2.45, 2.75) is 26.3 Å². The Morgan fingerprint density at radius 2 is 2.11 bits per heavy atom. The predicted octanol–water partition coefficient (Wildman–Crippen LogP) is 2.69. The highest BCUT2D eigenvalue weighted by atomic mass is 79.9. The van der Waals surface area contributed by atoms with Crippen LogP contribution in [0.2, 0.25) is 0 Å². The van der Waals surface area contributed by atoms with Gasteiger partial charge in [-0.3, -0.25) is 4.79 Å². The molecule has 5 heteroatoms. The molecule has 0 saturated carbocycles. The maximum atomic E-state index is 12.5. The van der Waals surface area contributed by atoms with E-state index in [1.54, 1.807) is 6.07 Å². The first kappa shape index (κ1) is 14.1. The zero-order chi connectivity index (χ0) is 14.2. The second kappa shape index (κ2) is 5.33. The van der Waals surface area contributed by atoms with Gasteiger partial charge in [-0.05, 0) is 46.8 Å². The van der Waals surface area contributed by atoms with Crippen LogP contribution in [-0.2, 0) is 4.79 Å². The Labute approximate surface area is 120 Å². The Kier molecular flexibility index (Phi) is 3.94. The van der Waals surface area contributed by atoms with Crippen molar-refractivity contribution in [1.82, 2.24) is 4.90 Å². The lowest BCUT2D eigenvalue weighted by Crippen LogP contribution is -2.42. The molecule has 0 aromatic heterocycles. The Bertz CT molecular complexity index is 529. The molecule has 2 rings (SSSR count). The number of aryl methyl sites for hydroxylation is 1. The summed E-state index contributed by atoms with van der Waals surface area (Å²) in [7, 11) is 0. The van der Waals surface area contributed by atoms with E-state index in [1.165, 1.54) is 4.90 Å². The Morgan fingerprint density at radius 3 is 2.74 bits per heavy atom. The van der Waals surface area contributed by atoms with E-state index in [0.29, 0.717) is 12.1 Å². The second-order valence-electron chi connectivity index (χ2n) is 4.98. The number of benzene rings is 1. The van der Waals surface area contributed by atoms with Crippen molar-refractivity contribution in [3.8, 4) is 0 Å². The Hall–Kier alpha value is -1.36. The van der Waals surface area contributed by atoms with Crippen LogP contribution in [0.3, 0.4) is 0 Å². The predicted molar refractivity (Wildman–Crippen MR) is 75.1 cm³/mol. The summed E-state index contributed by atoms with van der Waals surface area (Å²) in [6.45, 7) is 4.27. The summed E-state index contributed by atoms with van der Waals surface area (Å²) in [6, 6.07) is 4.71. The fourth-order valence-corrected chi connectivity index (χ4v) is 2.95. The average Bonchev–Trinajstić information content (AvgIpc) is 2.74. The van der Waals surface area contributed by atoms with E-state index in [1.807, 2.05) is 26.0 Å². The minimum atomic E-state index is -0.929. The topological polar surface area (TPSA) is 57.6 Å². The minimum absolute atomic E-state index is 0.00923. The lowest BCUT2D eigenvalue weighted by atomic mass is 10.0. The first-order chi connectivity index (χ1) is 8.93. The van der Waals surface area contributed by atoms with Crippen LogP contribution in [0.1, 0.15) is 29.3 Å². The number of nitrogens with zero attached hydrogens (tertiary/aromatic N) is 1.